The van der Waals surface area contributed by atoms with Crippen LogP contribution in [0, 0.1) is 0 Å². The second-order valence-electron chi connectivity index (χ2n) is 5.30. The van der Waals surface area contributed by atoms with Crippen molar-refractivity contribution in [2.45, 2.75) is 32.4 Å². The zero-order valence-electron chi connectivity index (χ0n) is 13.9. The van der Waals surface area contributed by atoms with Crippen LogP contribution in [0.4, 0.5) is 0 Å². The third-order valence-corrected chi connectivity index (χ3v) is 3.03. The van der Waals surface area contributed by atoms with Gasteiger partial charge < -0.3 is 30.2 Å². The first-order valence-electron chi connectivity index (χ1n) is 7.42. The smallest absolute Gasteiger partial charge is 0.323 e. The second-order valence-corrected chi connectivity index (χ2v) is 5.30. The van der Waals surface area contributed by atoms with E-state index in [2.05, 4.69) is 0 Å². The Labute approximate surface area is 144 Å². The molecule has 1 rings (SSSR count). The summed E-state index contributed by atoms with van der Waals surface area (Å²) in [7, 11) is 0. The van der Waals surface area contributed by atoms with Gasteiger partial charge in [-0.15, -0.1) is 0 Å². The lowest BCUT2D eigenvalue weighted by molar-refractivity contribution is -0.166. The SMILES string of the molecule is CC(=O)OCC(COC(C)=O)OC(=O)[C@@H](N)Cc1ccc(O)c(O)c1. The molecule has 1 aromatic rings. The number of rotatable bonds is 8. The van der Waals surface area contributed by atoms with E-state index in [4.69, 9.17) is 19.9 Å². The summed E-state index contributed by atoms with van der Waals surface area (Å²) in [6.07, 6.45) is -0.944. The summed E-state index contributed by atoms with van der Waals surface area (Å²) in [6, 6.07) is 2.98. The minimum absolute atomic E-state index is 0.0422. The molecule has 4 N–H and O–H groups in total. The molecule has 138 valence electrons. The molecule has 0 aromatic heterocycles. The molecular weight excluding hydrogens is 334 g/mol. The first kappa shape index (κ1) is 20.2. The average Bonchev–Trinajstić information content (AvgIpc) is 2.53. The molecule has 0 aliphatic heterocycles. The Kier molecular flexibility index (Phi) is 7.67. The summed E-state index contributed by atoms with van der Waals surface area (Å²) in [5, 5.41) is 18.7. The molecule has 0 unspecified atom stereocenters. The monoisotopic (exact) mass is 355 g/mol. The largest absolute Gasteiger partial charge is 0.504 e. The van der Waals surface area contributed by atoms with Gasteiger partial charge in [0.25, 0.3) is 0 Å². The lowest BCUT2D eigenvalue weighted by Crippen LogP contribution is -2.39. The number of phenolic OH excluding ortho intramolecular Hbond substituents is 2. The van der Waals surface area contributed by atoms with Crippen molar-refractivity contribution in [3.05, 3.63) is 23.8 Å². The molecule has 0 saturated heterocycles. The predicted molar refractivity (Wildman–Crippen MR) is 84.6 cm³/mol. The molecule has 9 nitrogen and oxygen atoms in total. The number of carbonyl (C=O) groups excluding carboxylic acids is 3. The number of phenols is 2. The maximum atomic E-state index is 12.1. The first-order chi connectivity index (χ1) is 11.7. The van der Waals surface area contributed by atoms with Gasteiger partial charge in [-0.05, 0) is 24.1 Å². The highest BCUT2D eigenvalue weighted by Gasteiger charge is 2.23. The number of esters is 3. The number of aromatic hydroxyl groups is 2. The van der Waals surface area contributed by atoms with Crippen molar-refractivity contribution >= 4 is 17.9 Å². The molecule has 0 bridgehead atoms. The van der Waals surface area contributed by atoms with Crippen LogP contribution in [0.2, 0.25) is 0 Å². The predicted octanol–water partition coefficient (Wildman–Crippen LogP) is 0.00560. The van der Waals surface area contributed by atoms with E-state index < -0.39 is 30.1 Å². The van der Waals surface area contributed by atoms with Gasteiger partial charge in [0.15, 0.2) is 17.6 Å². The fraction of sp³-hybridized carbons (Fsp3) is 0.438. The van der Waals surface area contributed by atoms with E-state index in [9.17, 15) is 24.6 Å². The van der Waals surface area contributed by atoms with Gasteiger partial charge in [-0.2, -0.15) is 0 Å². The molecule has 0 saturated carbocycles. The molecule has 9 heteroatoms. The van der Waals surface area contributed by atoms with E-state index in [1.807, 2.05) is 0 Å². The molecule has 25 heavy (non-hydrogen) atoms. The highest BCUT2D eigenvalue weighted by Crippen LogP contribution is 2.25. The van der Waals surface area contributed by atoms with Crippen molar-refractivity contribution in [2.75, 3.05) is 13.2 Å². The van der Waals surface area contributed by atoms with Gasteiger partial charge in [0.1, 0.15) is 19.3 Å². The lowest BCUT2D eigenvalue weighted by Gasteiger charge is -2.19. The van der Waals surface area contributed by atoms with E-state index >= 15 is 0 Å². The summed E-state index contributed by atoms with van der Waals surface area (Å²) < 4.78 is 14.6. The highest BCUT2D eigenvalue weighted by atomic mass is 16.6. The van der Waals surface area contributed by atoms with Crippen LogP contribution in [0.5, 0.6) is 11.5 Å². The Morgan fingerprint density at radius 3 is 2.08 bits per heavy atom. The minimum Gasteiger partial charge on any atom is -0.504 e. The van der Waals surface area contributed by atoms with Gasteiger partial charge in [0, 0.05) is 13.8 Å². The molecule has 0 aliphatic rings. The van der Waals surface area contributed by atoms with Crippen LogP contribution in [0.1, 0.15) is 19.4 Å². The Morgan fingerprint density at radius 1 is 1.04 bits per heavy atom. The van der Waals surface area contributed by atoms with Gasteiger partial charge in [-0.25, -0.2) is 0 Å². The quantitative estimate of drug-likeness (QED) is 0.333. The number of ether oxygens (including phenoxy) is 3. The van der Waals surface area contributed by atoms with Gasteiger partial charge in [0.05, 0.1) is 0 Å². The van der Waals surface area contributed by atoms with Crippen molar-refractivity contribution in [1.82, 2.24) is 0 Å². The topological polar surface area (TPSA) is 145 Å². The molecule has 0 radical (unpaired) electrons. The van der Waals surface area contributed by atoms with Crippen LogP contribution in [-0.4, -0.2) is 53.5 Å². The summed E-state index contributed by atoms with van der Waals surface area (Å²) in [5.74, 6) is -2.57. The number of nitrogens with two attached hydrogens (primary N) is 1. The summed E-state index contributed by atoms with van der Waals surface area (Å²) in [4.78, 5) is 33.8. The standard InChI is InChI=1S/C16H21NO8/c1-9(18)23-7-12(8-24-10(2)19)25-16(22)13(17)5-11-3-4-14(20)15(21)6-11/h3-4,6,12-13,20-21H,5,7-8,17H2,1-2H3/t13-/m0/s1. The fourth-order valence-electron chi connectivity index (χ4n) is 1.82. The molecule has 0 heterocycles. The zero-order valence-corrected chi connectivity index (χ0v) is 13.9. The summed E-state index contributed by atoms with van der Waals surface area (Å²) in [6.45, 7) is 1.82. The third-order valence-electron chi connectivity index (χ3n) is 3.03. The van der Waals surface area contributed by atoms with Crippen LogP contribution in [0.3, 0.4) is 0 Å². The number of hydrogen-bond donors (Lipinski definition) is 3. The Morgan fingerprint density at radius 2 is 1.60 bits per heavy atom. The van der Waals surface area contributed by atoms with Crippen LogP contribution in [0.25, 0.3) is 0 Å². The third kappa shape index (κ3) is 7.53. The summed E-state index contributed by atoms with van der Waals surface area (Å²) >= 11 is 0. The van der Waals surface area contributed by atoms with Crippen molar-refractivity contribution in [1.29, 1.82) is 0 Å². The normalized spacial score (nSPS) is 11.7. The van der Waals surface area contributed by atoms with Crippen molar-refractivity contribution < 1.29 is 38.8 Å². The Bertz CT molecular complexity index is 613. The van der Waals surface area contributed by atoms with Gasteiger partial charge in [0.2, 0.25) is 0 Å². The van der Waals surface area contributed by atoms with Crippen LogP contribution in [-0.2, 0) is 35.0 Å². The molecule has 0 amide bonds. The molecule has 1 aromatic carbocycles. The van der Waals surface area contributed by atoms with E-state index in [1.165, 1.54) is 32.0 Å². The second kappa shape index (κ2) is 9.48. The molecule has 0 fully saturated rings. The van der Waals surface area contributed by atoms with Crippen LogP contribution < -0.4 is 5.73 Å². The zero-order chi connectivity index (χ0) is 19.0. The number of benzene rings is 1. The molecule has 0 aliphatic carbocycles. The maximum Gasteiger partial charge on any atom is 0.323 e. The molecule has 0 spiro atoms. The average molecular weight is 355 g/mol. The molecule has 1 atom stereocenters. The fourth-order valence-corrected chi connectivity index (χ4v) is 1.82. The lowest BCUT2D eigenvalue weighted by atomic mass is 10.1. The molecular formula is C16H21NO8. The van der Waals surface area contributed by atoms with Gasteiger partial charge in [-0.3, -0.25) is 14.4 Å². The van der Waals surface area contributed by atoms with E-state index in [1.54, 1.807) is 0 Å². The minimum atomic E-state index is -1.07. The van der Waals surface area contributed by atoms with Crippen molar-refractivity contribution in [3.63, 3.8) is 0 Å². The Hall–Kier alpha value is -2.81. The van der Waals surface area contributed by atoms with E-state index in [0.717, 1.165) is 0 Å². The van der Waals surface area contributed by atoms with Crippen molar-refractivity contribution in [3.8, 4) is 11.5 Å². The summed E-state index contributed by atoms with van der Waals surface area (Å²) in [5.41, 5.74) is 6.27. The number of carbonyl (C=O) groups is 3. The van der Waals surface area contributed by atoms with E-state index in [0.29, 0.717) is 5.56 Å². The van der Waals surface area contributed by atoms with Crippen LogP contribution >= 0.6 is 0 Å². The van der Waals surface area contributed by atoms with Gasteiger partial charge in [-0.1, -0.05) is 6.07 Å². The van der Waals surface area contributed by atoms with Crippen LogP contribution in [0.15, 0.2) is 18.2 Å². The van der Waals surface area contributed by atoms with Gasteiger partial charge >= 0.3 is 17.9 Å². The van der Waals surface area contributed by atoms with E-state index in [-0.39, 0.29) is 31.1 Å². The number of hydrogen-bond acceptors (Lipinski definition) is 9. The Balaban J connectivity index is 2.64. The highest BCUT2D eigenvalue weighted by molar-refractivity contribution is 5.76. The first-order valence-corrected chi connectivity index (χ1v) is 7.42. The van der Waals surface area contributed by atoms with Crippen molar-refractivity contribution in [2.24, 2.45) is 5.73 Å². The maximum absolute atomic E-state index is 12.1.